The summed E-state index contributed by atoms with van der Waals surface area (Å²) >= 11 is 0. The molecular weight excluding hydrogens is 226 g/mol. The van der Waals surface area contributed by atoms with Gasteiger partial charge in [-0.2, -0.15) is 0 Å². The minimum Gasteiger partial charge on any atom is -0.392 e. The summed E-state index contributed by atoms with van der Waals surface area (Å²) in [4.78, 5) is 0. The molecule has 0 radical (unpaired) electrons. The Hall–Kier alpha value is -1.32. The van der Waals surface area contributed by atoms with Crippen LogP contribution in [-0.4, -0.2) is 22.9 Å². The molecule has 3 heteroatoms. The van der Waals surface area contributed by atoms with Crippen molar-refractivity contribution in [3.63, 3.8) is 0 Å². The van der Waals surface area contributed by atoms with Crippen molar-refractivity contribution >= 4 is 10.9 Å². The lowest BCUT2D eigenvalue weighted by Gasteiger charge is -2.22. The highest BCUT2D eigenvalue weighted by Crippen LogP contribution is 2.22. The van der Waals surface area contributed by atoms with E-state index in [-0.39, 0.29) is 6.61 Å². The average Bonchev–Trinajstić information content (AvgIpc) is 2.82. The first-order valence-electron chi connectivity index (χ1n) is 6.63. The SMILES string of the molecule is OCc1ccc2c(ccn2CC2CCOCC2)c1. The quantitative estimate of drug-likeness (QED) is 0.901. The molecule has 1 aliphatic heterocycles. The fourth-order valence-corrected chi connectivity index (χ4v) is 2.71. The lowest BCUT2D eigenvalue weighted by atomic mass is 10.0. The Morgan fingerprint density at radius 3 is 2.83 bits per heavy atom. The molecule has 0 spiro atoms. The van der Waals surface area contributed by atoms with Crippen molar-refractivity contribution in [1.29, 1.82) is 0 Å². The summed E-state index contributed by atoms with van der Waals surface area (Å²) in [7, 11) is 0. The van der Waals surface area contributed by atoms with Crippen LogP contribution in [-0.2, 0) is 17.9 Å². The van der Waals surface area contributed by atoms with Gasteiger partial charge in [-0.15, -0.1) is 0 Å². The summed E-state index contributed by atoms with van der Waals surface area (Å²) in [5.74, 6) is 0.729. The Morgan fingerprint density at radius 1 is 1.22 bits per heavy atom. The van der Waals surface area contributed by atoms with Gasteiger partial charge in [0.25, 0.3) is 0 Å². The van der Waals surface area contributed by atoms with Gasteiger partial charge in [-0.05, 0) is 47.9 Å². The zero-order chi connectivity index (χ0) is 12.4. The maximum Gasteiger partial charge on any atom is 0.0682 e. The van der Waals surface area contributed by atoms with Crippen LogP contribution in [0, 0.1) is 5.92 Å². The van der Waals surface area contributed by atoms with Gasteiger partial charge in [0.1, 0.15) is 0 Å². The maximum absolute atomic E-state index is 9.14. The number of aromatic nitrogens is 1. The molecule has 0 saturated carbocycles. The second-order valence-electron chi connectivity index (χ2n) is 5.08. The molecule has 0 atom stereocenters. The monoisotopic (exact) mass is 245 g/mol. The first kappa shape index (κ1) is 11.8. The standard InChI is InChI=1S/C15H19NO2/c17-11-13-1-2-15-14(9-13)3-6-16(15)10-12-4-7-18-8-5-12/h1-3,6,9,12,17H,4-5,7-8,10-11H2. The summed E-state index contributed by atoms with van der Waals surface area (Å²) in [6.07, 6.45) is 4.48. The lowest BCUT2D eigenvalue weighted by Crippen LogP contribution is -2.19. The molecule has 1 aromatic heterocycles. The minimum atomic E-state index is 0.112. The molecule has 1 aliphatic rings. The molecule has 1 aromatic carbocycles. The molecule has 0 aliphatic carbocycles. The van der Waals surface area contributed by atoms with E-state index in [0.717, 1.165) is 44.1 Å². The number of nitrogens with zero attached hydrogens (tertiary/aromatic N) is 1. The highest BCUT2D eigenvalue weighted by Gasteiger charge is 2.15. The molecule has 1 saturated heterocycles. The number of ether oxygens (including phenoxy) is 1. The Kier molecular flexibility index (Phi) is 3.35. The van der Waals surface area contributed by atoms with E-state index in [1.54, 1.807) is 0 Å². The van der Waals surface area contributed by atoms with E-state index in [9.17, 15) is 0 Å². The summed E-state index contributed by atoms with van der Waals surface area (Å²) in [5, 5.41) is 10.4. The van der Waals surface area contributed by atoms with Crippen LogP contribution in [0.2, 0.25) is 0 Å². The van der Waals surface area contributed by atoms with Crippen molar-refractivity contribution in [1.82, 2.24) is 4.57 Å². The normalized spacial score (nSPS) is 17.4. The van der Waals surface area contributed by atoms with Gasteiger partial charge in [-0.3, -0.25) is 0 Å². The predicted molar refractivity (Wildman–Crippen MR) is 71.4 cm³/mol. The fraction of sp³-hybridized carbons (Fsp3) is 0.467. The molecule has 0 bridgehead atoms. The van der Waals surface area contributed by atoms with Crippen molar-refractivity contribution in [3.05, 3.63) is 36.0 Å². The van der Waals surface area contributed by atoms with E-state index >= 15 is 0 Å². The molecule has 0 amide bonds. The van der Waals surface area contributed by atoms with E-state index < -0.39 is 0 Å². The first-order valence-corrected chi connectivity index (χ1v) is 6.63. The molecule has 96 valence electrons. The highest BCUT2D eigenvalue weighted by atomic mass is 16.5. The highest BCUT2D eigenvalue weighted by molar-refractivity contribution is 5.80. The molecular formula is C15H19NO2. The van der Waals surface area contributed by atoms with E-state index in [4.69, 9.17) is 9.84 Å². The largest absolute Gasteiger partial charge is 0.392 e. The summed E-state index contributed by atoms with van der Waals surface area (Å²) in [5.41, 5.74) is 2.24. The van der Waals surface area contributed by atoms with Gasteiger partial charge in [0.05, 0.1) is 6.61 Å². The van der Waals surface area contributed by atoms with Crippen LogP contribution >= 0.6 is 0 Å². The molecule has 3 rings (SSSR count). The van der Waals surface area contributed by atoms with Gasteiger partial charge < -0.3 is 14.4 Å². The molecule has 2 heterocycles. The number of aliphatic hydroxyl groups excluding tert-OH is 1. The summed E-state index contributed by atoms with van der Waals surface area (Å²) in [6.45, 7) is 2.99. The Bertz CT molecular complexity index is 526. The molecule has 3 nitrogen and oxygen atoms in total. The summed E-state index contributed by atoms with van der Waals surface area (Å²) in [6, 6.07) is 8.31. The van der Waals surface area contributed by atoms with Gasteiger partial charge >= 0.3 is 0 Å². The zero-order valence-corrected chi connectivity index (χ0v) is 10.5. The second-order valence-corrected chi connectivity index (χ2v) is 5.08. The summed E-state index contributed by atoms with van der Waals surface area (Å²) < 4.78 is 7.73. The van der Waals surface area contributed by atoms with E-state index in [2.05, 4.69) is 29.0 Å². The third-order valence-corrected chi connectivity index (χ3v) is 3.81. The number of rotatable bonds is 3. The van der Waals surface area contributed by atoms with Crippen LogP contribution in [0.5, 0.6) is 0 Å². The average molecular weight is 245 g/mol. The van der Waals surface area contributed by atoms with Crippen molar-refractivity contribution in [2.45, 2.75) is 26.0 Å². The van der Waals surface area contributed by atoms with Gasteiger partial charge in [-0.25, -0.2) is 0 Å². The minimum absolute atomic E-state index is 0.112. The second kappa shape index (κ2) is 5.12. The van der Waals surface area contributed by atoms with Gasteiger partial charge in [0, 0.05) is 31.5 Å². The Morgan fingerprint density at radius 2 is 2.06 bits per heavy atom. The lowest BCUT2D eigenvalue weighted by molar-refractivity contribution is 0.0616. The first-order chi connectivity index (χ1) is 8.86. The Balaban J connectivity index is 1.83. The van der Waals surface area contributed by atoms with Crippen molar-refractivity contribution in [3.8, 4) is 0 Å². The van der Waals surface area contributed by atoms with Crippen molar-refractivity contribution in [2.24, 2.45) is 5.92 Å². The van der Waals surface area contributed by atoms with Gasteiger partial charge in [0.2, 0.25) is 0 Å². The maximum atomic E-state index is 9.14. The fourth-order valence-electron chi connectivity index (χ4n) is 2.71. The zero-order valence-electron chi connectivity index (χ0n) is 10.5. The smallest absolute Gasteiger partial charge is 0.0682 e. The molecule has 0 unspecified atom stereocenters. The number of benzene rings is 1. The number of hydrogen-bond donors (Lipinski definition) is 1. The van der Waals surface area contributed by atoms with E-state index in [0.29, 0.717) is 0 Å². The molecule has 1 N–H and O–H groups in total. The molecule has 2 aromatic rings. The third kappa shape index (κ3) is 2.28. The van der Waals surface area contributed by atoms with Gasteiger partial charge in [0.15, 0.2) is 0 Å². The van der Waals surface area contributed by atoms with Crippen LogP contribution in [0.3, 0.4) is 0 Å². The van der Waals surface area contributed by atoms with E-state index in [1.165, 1.54) is 10.9 Å². The van der Waals surface area contributed by atoms with Crippen LogP contribution in [0.25, 0.3) is 10.9 Å². The predicted octanol–water partition coefficient (Wildman–Crippen LogP) is 2.56. The molecule has 1 fully saturated rings. The Labute approximate surface area is 107 Å². The third-order valence-electron chi connectivity index (χ3n) is 3.81. The number of aliphatic hydroxyl groups is 1. The van der Waals surface area contributed by atoms with Crippen LogP contribution in [0.15, 0.2) is 30.5 Å². The van der Waals surface area contributed by atoms with Crippen LogP contribution < -0.4 is 0 Å². The van der Waals surface area contributed by atoms with E-state index in [1.807, 2.05) is 6.07 Å². The van der Waals surface area contributed by atoms with Gasteiger partial charge in [-0.1, -0.05) is 6.07 Å². The number of fused-ring (bicyclic) bond motifs is 1. The van der Waals surface area contributed by atoms with Crippen molar-refractivity contribution < 1.29 is 9.84 Å². The van der Waals surface area contributed by atoms with Crippen molar-refractivity contribution in [2.75, 3.05) is 13.2 Å². The molecule has 18 heavy (non-hydrogen) atoms. The number of hydrogen-bond acceptors (Lipinski definition) is 2. The van der Waals surface area contributed by atoms with Crippen LogP contribution in [0.4, 0.5) is 0 Å². The topological polar surface area (TPSA) is 34.4 Å². The van der Waals surface area contributed by atoms with Crippen LogP contribution in [0.1, 0.15) is 18.4 Å².